The molecule has 1 aliphatic rings. The Balaban J connectivity index is 1.98. The first-order valence-corrected chi connectivity index (χ1v) is 5.56. The molecule has 0 aromatic heterocycles. The van der Waals surface area contributed by atoms with Crippen molar-refractivity contribution in [3.05, 3.63) is 35.9 Å². The van der Waals surface area contributed by atoms with Gasteiger partial charge in [-0.15, -0.1) is 0 Å². The number of benzene rings is 1. The second kappa shape index (κ2) is 4.65. The quantitative estimate of drug-likeness (QED) is 0.830. The molecule has 1 fully saturated rings. The van der Waals surface area contributed by atoms with Gasteiger partial charge < -0.3 is 5.11 Å². The van der Waals surface area contributed by atoms with Gasteiger partial charge in [-0.3, -0.25) is 4.90 Å². The summed E-state index contributed by atoms with van der Waals surface area (Å²) in [6.45, 7) is 2.40. The van der Waals surface area contributed by atoms with Gasteiger partial charge in [0.2, 0.25) is 0 Å². The fourth-order valence-corrected chi connectivity index (χ4v) is 2.19. The van der Waals surface area contributed by atoms with E-state index in [-0.39, 0.29) is 6.61 Å². The first-order chi connectivity index (χ1) is 7.78. The SMILES string of the molecule is N#CC1(CO)CCN(Cc2ccccc2)C1. The van der Waals surface area contributed by atoms with Crippen LogP contribution in [-0.2, 0) is 6.54 Å². The Bertz CT molecular complexity index is 385. The van der Waals surface area contributed by atoms with Gasteiger partial charge in [-0.05, 0) is 12.0 Å². The first-order valence-electron chi connectivity index (χ1n) is 5.56. The van der Waals surface area contributed by atoms with E-state index in [4.69, 9.17) is 5.26 Å². The van der Waals surface area contributed by atoms with Crippen LogP contribution in [0.1, 0.15) is 12.0 Å². The minimum Gasteiger partial charge on any atom is -0.395 e. The maximum Gasteiger partial charge on any atom is 0.0942 e. The number of nitrogens with zero attached hydrogens (tertiary/aromatic N) is 2. The van der Waals surface area contributed by atoms with Crippen LogP contribution in [0.25, 0.3) is 0 Å². The molecule has 0 aliphatic carbocycles. The molecule has 0 amide bonds. The number of likely N-dealkylation sites (tertiary alicyclic amines) is 1. The van der Waals surface area contributed by atoms with Crippen LogP contribution in [-0.4, -0.2) is 29.7 Å². The van der Waals surface area contributed by atoms with Crippen molar-refractivity contribution in [3.8, 4) is 6.07 Å². The van der Waals surface area contributed by atoms with E-state index in [1.807, 2.05) is 18.2 Å². The number of hydrogen-bond acceptors (Lipinski definition) is 3. The Kier molecular flexibility index (Phi) is 3.23. The Morgan fingerprint density at radius 3 is 2.69 bits per heavy atom. The summed E-state index contributed by atoms with van der Waals surface area (Å²) in [4.78, 5) is 2.23. The molecule has 0 radical (unpaired) electrons. The van der Waals surface area contributed by atoms with E-state index in [9.17, 15) is 5.11 Å². The van der Waals surface area contributed by atoms with Crippen LogP contribution < -0.4 is 0 Å². The Morgan fingerprint density at radius 1 is 1.38 bits per heavy atom. The molecule has 1 heterocycles. The van der Waals surface area contributed by atoms with Gasteiger partial charge in [0.25, 0.3) is 0 Å². The average Bonchev–Trinajstić information content (AvgIpc) is 2.75. The normalized spacial score (nSPS) is 25.5. The molecule has 1 aromatic carbocycles. The summed E-state index contributed by atoms with van der Waals surface area (Å²) in [6.07, 6.45) is 0.771. The summed E-state index contributed by atoms with van der Waals surface area (Å²) < 4.78 is 0. The number of aliphatic hydroxyl groups is 1. The molecule has 1 aliphatic heterocycles. The van der Waals surface area contributed by atoms with Gasteiger partial charge in [0, 0.05) is 19.6 Å². The van der Waals surface area contributed by atoms with Gasteiger partial charge >= 0.3 is 0 Å². The highest BCUT2D eigenvalue weighted by molar-refractivity contribution is 5.15. The number of aliphatic hydroxyl groups excluding tert-OH is 1. The molecular formula is C13H16N2O. The summed E-state index contributed by atoms with van der Waals surface area (Å²) >= 11 is 0. The number of hydrogen-bond donors (Lipinski definition) is 1. The van der Waals surface area contributed by atoms with Crippen molar-refractivity contribution in [1.82, 2.24) is 4.90 Å². The van der Waals surface area contributed by atoms with Crippen LogP contribution in [0.15, 0.2) is 30.3 Å². The van der Waals surface area contributed by atoms with E-state index in [2.05, 4.69) is 23.1 Å². The van der Waals surface area contributed by atoms with Gasteiger partial charge in [0.1, 0.15) is 0 Å². The first kappa shape index (κ1) is 11.1. The molecule has 3 nitrogen and oxygen atoms in total. The minimum atomic E-state index is -0.533. The van der Waals surface area contributed by atoms with Gasteiger partial charge in [0.15, 0.2) is 0 Å². The van der Waals surface area contributed by atoms with Gasteiger partial charge in [-0.25, -0.2) is 0 Å². The lowest BCUT2D eigenvalue weighted by Crippen LogP contribution is -2.28. The smallest absolute Gasteiger partial charge is 0.0942 e. The van der Waals surface area contributed by atoms with Gasteiger partial charge in [0.05, 0.1) is 18.1 Å². The Hall–Kier alpha value is -1.37. The van der Waals surface area contributed by atoms with Gasteiger partial charge in [-0.1, -0.05) is 30.3 Å². The van der Waals surface area contributed by atoms with Crippen molar-refractivity contribution in [2.75, 3.05) is 19.7 Å². The second-order valence-corrected chi connectivity index (χ2v) is 4.50. The van der Waals surface area contributed by atoms with Crippen molar-refractivity contribution in [2.24, 2.45) is 5.41 Å². The Morgan fingerprint density at radius 2 is 2.12 bits per heavy atom. The molecule has 84 valence electrons. The molecule has 1 atom stereocenters. The van der Waals surface area contributed by atoms with Crippen LogP contribution in [0.2, 0.25) is 0 Å². The molecule has 1 unspecified atom stereocenters. The monoisotopic (exact) mass is 216 g/mol. The van der Waals surface area contributed by atoms with Crippen LogP contribution in [0.4, 0.5) is 0 Å². The summed E-state index contributed by atoms with van der Waals surface area (Å²) in [5.41, 5.74) is 0.726. The lowest BCUT2D eigenvalue weighted by Gasteiger charge is -2.19. The van der Waals surface area contributed by atoms with Gasteiger partial charge in [-0.2, -0.15) is 5.26 Å². The van der Waals surface area contributed by atoms with Crippen molar-refractivity contribution < 1.29 is 5.11 Å². The molecule has 1 saturated heterocycles. The summed E-state index contributed by atoms with van der Waals surface area (Å²) in [5, 5.41) is 18.3. The van der Waals surface area contributed by atoms with Crippen LogP contribution >= 0.6 is 0 Å². The molecular weight excluding hydrogens is 200 g/mol. The topological polar surface area (TPSA) is 47.3 Å². The molecule has 0 bridgehead atoms. The van der Waals surface area contributed by atoms with E-state index in [1.54, 1.807) is 0 Å². The summed E-state index contributed by atoms with van der Waals surface area (Å²) in [6, 6.07) is 12.5. The van der Waals surface area contributed by atoms with E-state index >= 15 is 0 Å². The highest BCUT2D eigenvalue weighted by Crippen LogP contribution is 2.29. The summed E-state index contributed by atoms with van der Waals surface area (Å²) in [7, 11) is 0. The van der Waals surface area contributed by atoms with Crippen molar-refractivity contribution in [3.63, 3.8) is 0 Å². The lowest BCUT2D eigenvalue weighted by atomic mass is 9.90. The molecule has 0 spiro atoms. The van der Waals surface area contributed by atoms with Crippen molar-refractivity contribution in [2.45, 2.75) is 13.0 Å². The van der Waals surface area contributed by atoms with Crippen molar-refractivity contribution >= 4 is 0 Å². The third-order valence-electron chi connectivity index (χ3n) is 3.22. The largest absolute Gasteiger partial charge is 0.395 e. The number of rotatable bonds is 3. The standard InChI is InChI=1S/C13H16N2O/c14-9-13(11-16)6-7-15(10-13)8-12-4-2-1-3-5-12/h1-5,16H,6-8,10-11H2. The zero-order valence-corrected chi connectivity index (χ0v) is 9.26. The van der Waals surface area contributed by atoms with E-state index < -0.39 is 5.41 Å². The average molecular weight is 216 g/mol. The highest BCUT2D eigenvalue weighted by atomic mass is 16.3. The third kappa shape index (κ3) is 2.24. The second-order valence-electron chi connectivity index (χ2n) is 4.50. The highest BCUT2D eigenvalue weighted by Gasteiger charge is 2.37. The predicted octanol–water partition coefficient (Wildman–Crippen LogP) is 1.39. The molecule has 1 aromatic rings. The third-order valence-corrected chi connectivity index (χ3v) is 3.22. The molecule has 3 heteroatoms. The van der Waals surface area contributed by atoms with Crippen LogP contribution in [0.5, 0.6) is 0 Å². The zero-order valence-electron chi connectivity index (χ0n) is 9.26. The fraction of sp³-hybridized carbons (Fsp3) is 0.462. The van der Waals surface area contributed by atoms with E-state index in [0.717, 1.165) is 19.5 Å². The fourth-order valence-electron chi connectivity index (χ4n) is 2.19. The van der Waals surface area contributed by atoms with E-state index in [1.165, 1.54) is 5.56 Å². The minimum absolute atomic E-state index is 0.0329. The predicted molar refractivity (Wildman–Crippen MR) is 61.5 cm³/mol. The molecule has 16 heavy (non-hydrogen) atoms. The molecule has 1 N–H and O–H groups in total. The maximum atomic E-state index is 9.25. The van der Waals surface area contributed by atoms with Crippen molar-refractivity contribution in [1.29, 1.82) is 5.26 Å². The maximum absolute atomic E-state index is 9.25. The lowest BCUT2D eigenvalue weighted by molar-refractivity contribution is 0.173. The van der Waals surface area contributed by atoms with Crippen LogP contribution in [0.3, 0.4) is 0 Å². The molecule has 2 rings (SSSR count). The Labute approximate surface area is 95.9 Å². The molecule has 0 saturated carbocycles. The van der Waals surface area contributed by atoms with E-state index in [0.29, 0.717) is 6.54 Å². The number of nitriles is 1. The summed E-state index contributed by atoms with van der Waals surface area (Å²) in [5.74, 6) is 0. The van der Waals surface area contributed by atoms with Crippen LogP contribution in [0, 0.1) is 16.7 Å². The zero-order chi connectivity index (χ0) is 11.4.